The summed E-state index contributed by atoms with van der Waals surface area (Å²) in [5, 5.41) is 13.3. The van der Waals surface area contributed by atoms with Crippen molar-refractivity contribution < 1.29 is 0 Å². The fraction of sp³-hybridized carbons (Fsp3) is 0.130. The number of hydrogen-bond acceptors (Lipinski definition) is 6. The van der Waals surface area contributed by atoms with Gasteiger partial charge in [-0.05, 0) is 24.1 Å². The first-order chi connectivity index (χ1) is 14.6. The number of nitrogens with two attached hydrogens (primary N) is 1. The first kappa shape index (κ1) is 19.2. The number of nitrogens with one attached hydrogen (secondary N) is 2. The van der Waals surface area contributed by atoms with Gasteiger partial charge in [0.05, 0.1) is 11.7 Å². The average molecular weight is 396 g/mol. The molecule has 7 heteroatoms. The predicted octanol–water partition coefficient (Wildman–Crippen LogP) is 4.00. The van der Waals surface area contributed by atoms with E-state index in [9.17, 15) is 10.1 Å². The number of pyridine rings is 1. The molecule has 0 aliphatic heterocycles. The lowest BCUT2D eigenvalue weighted by Gasteiger charge is -2.22. The summed E-state index contributed by atoms with van der Waals surface area (Å²) in [6.07, 6.45) is 1.89. The van der Waals surface area contributed by atoms with E-state index in [1.165, 1.54) is 6.33 Å². The van der Waals surface area contributed by atoms with Crippen LogP contribution in [0.5, 0.6) is 0 Å². The lowest BCUT2D eigenvalue weighted by molar-refractivity contribution is 0.738. The van der Waals surface area contributed by atoms with Gasteiger partial charge in [-0.15, -0.1) is 0 Å². The first-order valence-electron chi connectivity index (χ1n) is 9.61. The number of para-hydroxylation sites is 1. The van der Waals surface area contributed by atoms with Gasteiger partial charge in [0.15, 0.2) is 5.43 Å². The van der Waals surface area contributed by atoms with Crippen LogP contribution in [0.4, 0.5) is 11.6 Å². The number of nitrogen functional groups attached to an aromatic ring is 1. The molecule has 0 radical (unpaired) electrons. The highest BCUT2D eigenvalue weighted by Gasteiger charge is 2.23. The van der Waals surface area contributed by atoms with E-state index in [4.69, 9.17) is 5.73 Å². The Balaban J connectivity index is 1.94. The Bertz CT molecular complexity index is 1310. The van der Waals surface area contributed by atoms with E-state index in [0.29, 0.717) is 23.2 Å². The molecule has 148 valence electrons. The quantitative estimate of drug-likeness (QED) is 0.469. The molecule has 1 atom stereocenters. The highest BCUT2D eigenvalue weighted by Crippen LogP contribution is 2.31. The number of nitriles is 1. The number of rotatable bonds is 5. The fourth-order valence-electron chi connectivity index (χ4n) is 3.58. The molecule has 30 heavy (non-hydrogen) atoms. The number of hydrogen-bond donors (Lipinski definition) is 3. The average Bonchev–Trinajstić information content (AvgIpc) is 2.78. The van der Waals surface area contributed by atoms with Gasteiger partial charge in [-0.3, -0.25) is 4.79 Å². The van der Waals surface area contributed by atoms with E-state index >= 15 is 0 Å². The van der Waals surface area contributed by atoms with Crippen LogP contribution in [-0.2, 0) is 0 Å². The van der Waals surface area contributed by atoms with Crippen molar-refractivity contribution in [3.05, 3.63) is 82.3 Å². The minimum atomic E-state index is -0.394. The van der Waals surface area contributed by atoms with Crippen LogP contribution >= 0.6 is 0 Å². The van der Waals surface area contributed by atoms with Gasteiger partial charge < -0.3 is 16.0 Å². The van der Waals surface area contributed by atoms with E-state index < -0.39 is 6.04 Å². The number of aromatic amines is 1. The summed E-state index contributed by atoms with van der Waals surface area (Å²) >= 11 is 0. The molecule has 2 aromatic heterocycles. The van der Waals surface area contributed by atoms with Gasteiger partial charge in [0.1, 0.15) is 29.6 Å². The van der Waals surface area contributed by atoms with Gasteiger partial charge in [0.2, 0.25) is 0 Å². The van der Waals surface area contributed by atoms with Gasteiger partial charge in [-0.25, -0.2) is 9.97 Å². The van der Waals surface area contributed by atoms with Gasteiger partial charge in [-0.2, -0.15) is 5.26 Å². The van der Waals surface area contributed by atoms with Gasteiger partial charge >= 0.3 is 0 Å². The molecule has 0 bridgehead atoms. The van der Waals surface area contributed by atoms with Crippen LogP contribution in [0.3, 0.4) is 0 Å². The molecule has 0 saturated carbocycles. The second-order valence-corrected chi connectivity index (χ2v) is 6.85. The molecule has 0 spiro atoms. The summed E-state index contributed by atoms with van der Waals surface area (Å²) in [5.74, 6) is 0.406. The molecule has 4 rings (SSSR count). The lowest BCUT2D eigenvalue weighted by Crippen LogP contribution is -2.23. The van der Waals surface area contributed by atoms with E-state index in [1.807, 2.05) is 67.6 Å². The normalized spacial score (nSPS) is 11.7. The monoisotopic (exact) mass is 396 g/mol. The van der Waals surface area contributed by atoms with Crippen LogP contribution in [-0.4, -0.2) is 15.0 Å². The van der Waals surface area contributed by atoms with Crippen LogP contribution in [0.15, 0.2) is 65.7 Å². The van der Waals surface area contributed by atoms with Gasteiger partial charge in [0.25, 0.3) is 0 Å². The van der Waals surface area contributed by atoms with Crippen molar-refractivity contribution >= 4 is 22.5 Å². The first-order valence-corrected chi connectivity index (χ1v) is 9.61. The summed E-state index contributed by atoms with van der Waals surface area (Å²) in [6, 6.07) is 18.8. The number of fused-ring (bicyclic) bond motifs is 1. The smallest absolute Gasteiger partial charge is 0.195 e. The van der Waals surface area contributed by atoms with E-state index in [-0.39, 0.29) is 16.8 Å². The maximum atomic E-state index is 13.6. The maximum absolute atomic E-state index is 13.6. The van der Waals surface area contributed by atoms with Crippen molar-refractivity contribution in [2.45, 2.75) is 19.4 Å². The Morgan fingerprint density at radius 3 is 2.60 bits per heavy atom. The van der Waals surface area contributed by atoms with Crippen molar-refractivity contribution in [1.29, 1.82) is 5.26 Å². The second-order valence-electron chi connectivity index (χ2n) is 6.85. The Morgan fingerprint density at radius 1 is 1.13 bits per heavy atom. The SMILES string of the molecule is CCC(Nc1ncnc(N)c1C#N)c1c(-c2ccccc2)[nH]c2ccccc2c1=O. The minimum absolute atomic E-state index is 0.0666. The van der Waals surface area contributed by atoms with Crippen LogP contribution < -0.4 is 16.5 Å². The molecule has 0 aliphatic rings. The zero-order valence-electron chi connectivity index (χ0n) is 16.4. The summed E-state index contributed by atoms with van der Waals surface area (Å²) in [6.45, 7) is 1.97. The molecule has 4 aromatic rings. The van der Waals surface area contributed by atoms with Gasteiger partial charge in [-0.1, -0.05) is 49.4 Å². The third kappa shape index (κ3) is 3.35. The number of H-pyrrole nitrogens is 1. The Hall–Kier alpha value is -4.18. The van der Waals surface area contributed by atoms with Crippen molar-refractivity contribution in [1.82, 2.24) is 15.0 Å². The van der Waals surface area contributed by atoms with Crippen molar-refractivity contribution in [2.24, 2.45) is 0 Å². The molecule has 0 saturated heterocycles. The third-order valence-corrected chi connectivity index (χ3v) is 5.06. The molecular weight excluding hydrogens is 376 g/mol. The lowest BCUT2D eigenvalue weighted by atomic mass is 9.95. The maximum Gasteiger partial charge on any atom is 0.195 e. The van der Waals surface area contributed by atoms with Crippen molar-refractivity contribution in [3.8, 4) is 17.3 Å². The summed E-state index contributed by atoms with van der Waals surface area (Å²) in [7, 11) is 0. The number of aromatic nitrogens is 3. The molecule has 0 fully saturated rings. The molecule has 2 heterocycles. The Labute approximate surface area is 173 Å². The molecule has 2 aromatic carbocycles. The summed E-state index contributed by atoms with van der Waals surface area (Å²) < 4.78 is 0. The number of benzene rings is 2. The van der Waals surface area contributed by atoms with Gasteiger partial charge in [0, 0.05) is 16.5 Å². The summed E-state index contributed by atoms with van der Waals surface area (Å²) in [4.78, 5) is 25.0. The third-order valence-electron chi connectivity index (χ3n) is 5.06. The van der Waals surface area contributed by atoms with Crippen molar-refractivity contribution in [2.75, 3.05) is 11.1 Å². The molecule has 1 unspecified atom stereocenters. The van der Waals surface area contributed by atoms with Crippen LogP contribution in [0.1, 0.15) is 30.5 Å². The topological polar surface area (TPSA) is 120 Å². The molecule has 0 amide bonds. The second kappa shape index (κ2) is 8.05. The molecule has 0 aliphatic carbocycles. The van der Waals surface area contributed by atoms with E-state index in [2.05, 4.69) is 20.3 Å². The number of nitrogens with zero attached hydrogens (tertiary/aromatic N) is 3. The highest BCUT2D eigenvalue weighted by molar-refractivity contribution is 5.83. The molecular formula is C23H20N6O. The Kier molecular flexibility index (Phi) is 5.14. The predicted molar refractivity (Wildman–Crippen MR) is 118 cm³/mol. The Morgan fingerprint density at radius 2 is 1.87 bits per heavy atom. The van der Waals surface area contributed by atoms with Crippen molar-refractivity contribution in [3.63, 3.8) is 0 Å². The van der Waals surface area contributed by atoms with Crippen LogP contribution in [0.25, 0.3) is 22.2 Å². The standard InChI is InChI=1S/C23H20N6O/c1-2-17(29-23-16(12-24)22(25)26-13-27-23)19-20(14-8-4-3-5-9-14)28-18-11-7-6-10-15(18)21(19)30/h3-11,13,17H,2H2,1H3,(H,28,30)(H3,25,26,27,29). The summed E-state index contributed by atoms with van der Waals surface area (Å²) in [5.41, 5.74) is 8.92. The zero-order chi connectivity index (χ0) is 21.1. The largest absolute Gasteiger partial charge is 0.382 e. The van der Waals surface area contributed by atoms with Crippen LogP contribution in [0.2, 0.25) is 0 Å². The van der Waals surface area contributed by atoms with E-state index in [0.717, 1.165) is 16.8 Å². The van der Waals surface area contributed by atoms with E-state index in [1.54, 1.807) is 0 Å². The fourth-order valence-corrected chi connectivity index (χ4v) is 3.58. The molecule has 7 nitrogen and oxygen atoms in total. The highest BCUT2D eigenvalue weighted by atomic mass is 16.1. The number of anilines is 2. The zero-order valence-corrected chi connectivity index (χ0v) is 16.4. The minimum Gasteiger partial charge on any atom is -0.382 e. The van der Waals surface area contributed by atoms with Crippen LogP contribution in [0, 0.1) is 11.3 Å². The molecule has 4 N–H and O–H groups in total.